The minimum absolute atomic E-state index is 0. The first-order chi connectivity index (χ1) is 10.1. The SMILES string of the molecule is Cl.O=C(NCC(O)c1ccc(F)cc1)C1CC12CCNCC2. The summed E-state index contributed by atoms with van der Waals surface area (Å²) >= 11 is 0. The molecular formula is C16H22ClFN2O2. The van der Waals surface area contributed by atoms with Gasteiger partial charge in [-0.15, -0.1) is 12.4 Å². The van der Waals surface area contributed by atoms with E-state index in [1.807, 2.05) is 0 Å². The Balaban J connectivity index is 0.00000176. The molecular weight excluding hydrogens is 307 g/mol. The molecule has 2 fully saturated rings. The van der Waals surface area contributed by atoms with Crippen LogP contribution in [0.25, 0.3) is 0 Å². The molecule has 122 valence electrons. The number of benzene rings is 1. The highest BCUT2D eigenvalue weighted by Gasteiger charge is 2.57. The average molecular weight is 329 g/mol. The molecule has 2 unspecified atom stereocenters. The molecule has 1 aromatic carbocycles. The molecule has 22 heavy (non-hydrogen) atoms. The summed E-state index contributed by atoms with van der Waals surface area (Å²) in [4.78, 5) is 12.2. The fourth-order valence-corrected chi connectivity index (χ4v) is 3.32. The third-order valence-electron chi connectivity index (χ3n) is 4.83. The van der Waals surface area contributed by atoms with Gasteiger partial charge in [0.25, 0.3) is 0 Å². The summed E-state index contributed by atoms with van der Waals surface area (Å²) < 4.78 is 12.8. The van der Waals surface area contributed by atoms with E-state index in [4.69, 9.17) is 0 Å². The molecule has 1 aromatic rings. The van der Waals surface area contributed by atoms with Crippen LogP contribution in [0.2, 0.25) is 0 Å². The van der Waals surface area contributed by atoms with Crippen LogP contribution in [0.5, 0.6) is 0 Å². The maximum atomic E-state index is 12.8. The Morgan fingerprint density at radius 3 is 2.64 bits per heavy atom. The van der Waals surface area contributed by atoms with Crippen molar-refractivity contribution in [2.45, 2.75) is 25.4 Å². The molecule has 1 amide bonds. The van der Waals surface area contributed by atoms with Gasteiger partial charge in [0.1, 0.15) is 5.82 Å². The Labute approximate surface area is 135 Å². The topological polar surface area (TPSA) is 61.4 Å². The van der Waals surface area contributed by atoms with E-state index in [0.29, 0.717) is 5.56 Å². The summed E-state index contributed by atoms with van der Waals surface area (Å²) in [6.45, 7) is 2.15. The van der Waals surface area contributed by atoms with Gasteiger partial charge in [-0.2, -0.15) is 0 Å². The summed E-state index contributed by atoms with van der Waals surface area (Å²) in [6.07, 6.45) is 2.29. The lowest BCUT2D eigenvalue weighted by atomic mass is 9.92. The highest BCUT2D eigenvalue weighted by molar-refractivity contribution is 5.85. The fourth-order valence-electron chi connectivity index (χ4n) is 3.32. The lowest BCUT2D eigenvalue weighted by Gasteiger charge is -2.23. The van der Waals surface area contributed by atoms with E-state index < -0.39 is 6.10 Å². The first-order valence-corrected chi connectivity index (χ1v) is 7.53. The zero-order chi connectivity index (χ0) is 14.9. The molecule has 1 heterocycles. The number of piperidine rings is 1. The monoisotopic (exact) mass is 328 g/mol. The van der Waals surface area contributed by atoms with Crippen LogP contribution in [0, 0.1) is 17.2 Å². The predicted molar refractivity (Wildman–Crippen MR) is 84.3 cm³/mol. The van der Waals surface area contributed by atoms with Crippen LogP contribution < -0.4 is 10.6 Å². The van der Waals surface area contributed by atoms with E-state index in [2.05, 4.69) is 10.6 Å². The molecule has 3 rings (SSSR count). The number of nitrogens with one attached hydrogen (secondary N) is 2. The Kier molecular flexibility index (Phi) is 5.42. The van der Waals surface area contributed by atoms with Gasteiger partial charge in [0.2, 0.25) is 5.91 Å². The average Bonchev–Trinajstić information content (AvgIpc) is 3.19. The summed E-state index contributed by atoms with van der Waals surface area (Å²) in [6, 6.07) is 5.70. The Bertz CT molecular complexity index is 517. The molecule has 3 N–H and O–H groups in total. The van der Waals surface area contributed by atoms with Crippen LogP contribution in [0.1, 0.15) is 30.9 Å². The summed E-state index contributed by atoms with van der Waals surface area (Å²) in [5, 5.41) is 16.2. The molecule has 1 aliphatic carbocycles. The minimum atomic E-state index is -0.794. The number of halogens is 2. The number of carbonyl (C=O) groups is 1. The number of amides is 1. The van der Waals surface area contributed by atoms with Crippen LogP contribution in [0.3, 0.4) is 0 Å². The van der Waals surface area contributed by atoms with E-state index in [1.165, 1.54) is 24.3 Å². The molecule has 1 aliphatic heterocycles. The van der Waals surface area contributed by atoms with Gasteiger partial charge in [-0.05, 0) is 55.5 Å². The summed E-state index contributed by atoms with van der Waals surface area (Å²) in [7, 11) is 0. The van der Waals surface area contributed by atoms with Crippen molar-refractivity contribution in [3.05, 3.63) is 35.6 Å². The Morgan fingerprint density at radius 1 is 1.36 bits per heavy atom. The van der Waals surface area contributed by atoms with Crippen LogP contribution in [0.4, 0.5) is 4.39 Å². The standard InChI is InChI=1S/C16H21FN2O2.ClH/c17-12-3-1-11(2-4-12)14(20)10-19-15(21)13-9-16(13)5-7-18-8-6-16;/h1-4,13-14,18,20H,5-10H2,(H,19,21);1H. The van der Waals surface area contributed by atoms with Crippen molar-refractivity contribution in [3.63, 3.8) is 0 Å². The first-order valence-electron chi connectivity index (χ1n) is 7.53. The van der Waals surface area contributed by atoms with Crippen molar-refractivity contribution >= 4 is 18.3 Å². The highest BCUT2D eigenvalue weighted by Crippen LogP contribution is 2.58. The third-order valence-corrected chi connectivity index (χ3v) is 4.83. The molecule has 4 nitrogen and oxygen atoms in total. The van der Waals surface area contributed by atoms with Gasteiger partial charge in [-0.25, -0.2) is 4.39 Å². The number of aliphatic hydroxyl groups is 1. The molecule has 2 atom stereocenters. The van der Waals surface area contributed by atoms with Gasteiger partial charge in [0.15, 0.2) is 0 Å². The number of hydrogen-bond donors (Lipinski definition) is 3. The fraction of sp³-hybridized carbons (Fsp3) is 0.562. The molecule has 2 aliphatic rings. The normalized spacial score (nSPS) is 23.5. The Morgan fingerprint density at radius 2 is 2.00 bits per heavy atom. The van der Waals surface area contributed by atoms with Gasteiger partial charge < -0.3 is 15.7 Å². The first kappa shape index (κ1) is 17.2. The molecule has 0 radical (unpaired) electrons. The number of hydrogen-bond acceptors (Lipinski definition) is 3. The highest BCUT2D eigenvalue weighted by atomic mass is 35.5. The Hall–Kier alpha value is -1.17. The quantitative estimate of drug-likeness (QED) is 0.789. The smallest absolute Gasteiger partial charge is 0.223 e. The minimum Gasteiger partial charge on any atom is -0.387 e. The van der Waals surface area contributed by atoms with Crippen molar-refractivity contribution in [1.29, 1.82) is 0 Å². The second kappa shape index (κ2) is 6.94. The van der Waals surface area contributed by atoms with Crippen LogP contribution >= 0.6 is 12.4 Å². The lowest BCUT2D eigenvalue weighted by molar-refractivity contribution is -0.123. The largest absolute Gasteiger partial charge is 0.387 e. The van der Waals surface area contributed by atoms with Crippen molar-refractivity contribution in [3.8, 4) is 0 Å². The van der Waals surface area contributed by atoms with Crippen LogP contribution in [-0.2, 0) is 4.79 Å². The van der Waals surface area contributed by atoms with E-state index in [9.17, 15) is 14.3 Å². The van der Waals surface area contributed by atoms with Crippen molar-refractivity contribution in [2.24, 2.45) is 11.3 Å². The van der Waals surface area contributed by atoms with Crippen molar-refractivity contribution in [1.82, 2.24) is 10.6 Å². The van der Waals surface area contributed by atoms with E-state index >= 15 is 0 Å². The van der Waals surface area contributed by atoms with Gasteiger partial charge >= 0.3 is 0 Å². The molecule has 0 aromatic heterocycles. The van der Waals surface area contributed by atoms with Crippen molar-refractivity contribution < 1.29 is 14.3 Å². The van der Waals surface area contributed by atoms with Crippen LogP contribution in [-0.4, -0.2) is 30.6 Å². The van der Waals surface area contributed by atoms with Gasteiger partial charge in [-0.3, -0.25) is 4.79 Å². The maximum absolute atomic E-state index is 12.8. The predicted octanol–water partition coefficient (Wildman–Crippen LogP) is 1.79. The number of rotatable bonds is 4. The van der Waals surface area contributed by atoms with E-state index in [1.54, 1.807) is 0 Å². The van der Waals surface area contributed by atoms with E-state index in [0.717, 1.165) is 32.4 Å². The molecule has 1 saturated heterocycles. The van der Waals surface area contributed by atoms with Gasteiger partial charge in [-0.1, -0.05) is 12.1 Å². The number of carbonyl (C=O) groups excluding carboxylic acids is 1. The molecule has 6 heteroatoms. The number of aliphatic hydroxyl groups excluding tert-OH is 1. The van der Waals surface area contributed by atoms with Gasteiger partial charge in [0.05, 0.1) is 6.10 Å². The van der Waals surface area contributed by atoms with Gasteiger partial charge in [0, 0.05) is 12.5 Å². The zero-order valence-electron chi connectivity index (χ0n) is 12.3. The summed E-state index contributed by atoms with van der Waals surface area (Å²) in [5.74, 6) is -0.195. The second-order valence-corrected chi connectivity index (χ2v) is 6.18. The summed E-state index contributed by atoms with van der Waals surface area (Å²) in [5.41, 5.74) is 0.819. The molecule has 1 saturated carbocycles. The van der Waals surface area contributed by atoms with Crippen molar-refractivity contribution in [2.75, 3.05) is 19.6 Å². The van der Waals surface area contributed by atoms with E-state index in [-0.39, 0.29) is 42.0 Å². The zero-order valence-corrected chi connectivity index (χ0v) is 13.2. The van der Waals surface area contributed by atoms with Crippen LogP contribution in [0.15, 0.2) is 24.3 Å². The maximum Gasteiger partial charge on any atom is 0.223 e. The third kappa shape index (κ3) is 3.59. The second-order valence-electron chi connectivity index (χ2n) is 6.18. The molecule has 1 spiro atoms. The lowest BCUT2D eigenvalue weighted by Crippen LogP contribution is -2.35. The molecule has 0 bridgehead atoms.